The summed E-state index contributed by atoms with van der Waals surface area (Å²) < 4.78 is 0. The van der Waals surface area contributed by atoms with Crippen molar-refractivity contribution in [1.29, 1.82) is 0 Å². The van der Waals surface area contributed by atoms with Crippen molar-refractivity contribution >= 4 is 23.4 Å². The Balaban J connectivity index is 1.60. The lowest BCUT2D eigenvalue weighted by atomic mass is 10.1. The number of nitrogens with zero attached hydrogens (tertiary/aromatic N) is 1. The summed E-state index contributed by atoms with van der Waals surface area (Å²) in [5, 5.41) is 9.90. The van der Waals surface area contributed by atoms with E-state index in [-0.39, 0.29) is 5.91 Å². The van der Waals surface area contributed by atoms with Gasteiger partial charge in [0.15, 0.2) is 5.69 Å². The van der Waals surface area contributed by atoms with E-state index < -0.39 is 0 Å². The Labute approximate surface area is 110 Å². The largest absolute Gasteiger partial charge is 0.395 e. The topological polar surface area (TPSA) is 83.8 Å². The lowest BCUT2D eigenvalue weighted by Crippen LogP contribution is -2.30. The SMILES string of the molecule is Nc1c(C(=O)NCC2CCSC2)n[nH]c1C1CC1. The van der Waals surface area contributed by atoms with Crippen LogP contribution in [-0.2, 0) is 0 Å². The average molecular weight is 266 g/mol. The molecule has 1 aliphatic carbocycles. The van der Waals surface area contributed by atoms with Crippen LogP contribution in [0.5, 0.6) is 0 Å². The molecule has 0 bridgehead atoms. The van der Waals surface area contributed by atoms with E-state index in [1.807, 2.05) is 11.8 Å². The van der Waals surface area contributed by atoms with Crippen molar-refractivity contribution in [2.24, 2.45) is 5.92 Å². The van der Waals surface area contributed by atoms with Crippen LogP contribution in [0.15, 0.2) is 0 Å². The van der Waals surface area contributed by atoms with Crippen LogP contribution in [-0.4, -0.2) is 34.2 Å². The van der Waals surface area contributed by atoms with E-state index in [4.69, 9.17) is 5.73 Å². The minimum atomic E-state index is -0.146. The maximum absolute atomic E-state index is 12.0. The number of thioether (sulfide) groups is 1. The minimum absolute atomic E-state index is 0.146. The zero-order valence-electron chi connectivity index (χ0n) is 10.2. The third-order valence-corrected chi connectivity index (χ3v) is 4.84. The van der Waals surface area contributed by atoms with Gasteiger partial charge in [-0.1, -0.05) is 0 Å². The highest BCUT2D eigenvalue weighted by molar-refractivity contribution is 7.99. The first-order chi connectivity index (χ1) is 8.75. The zero-order chi connectivity index (χ0) is 12.5. The van der Waals surface area contributed by atoms with E-state index in [0.29, 0.717) is 23.2 Å². The van der Waals surface area contributed by atoms with Gasteiger partial charge in [0.25, 0.3) is 5.91 Å². The fourth-order valence-electron chi connectivity index (χ4n) is 2.29. The average Bonchev–Trinajstić information content (AvgIpc) is 2.93. The van der Waals surface area contributed by atoms with Gasteiger partial charge in [0, 0.05) is 12.5 Å². The Morgan fingerprint density at radius 3 is 3.00 bits per heavy atom. The van der Waals surface area contributed by atoms with Crippen LogP contribution < -0.4 is 11.1 Å². The zero-order valence-corrected chi connectivity index (χ0v) is 11.1. The second kappa shape index (κ2) is 4.84. The Bertz CT molecular complexity index is 449. The van der Waals surface area contributed by atoms with Gasteiger partial charge in [0.1, 0.15) is 0 Å². The number of hydrogen-bond donors (Lipinski definition) is 3. The second-order valence-corrected chi connectivity index (χ2v) is 6.26. The van der Waals surface area contributed by atoms with Crippen molar-refractivity contribution in [2.45, 2.75) is 25.2 Å². The molecule has 1 atom stereocenters. The van der Waals surface area contributed by atoms with Crippen molar-refractivity contribution in [3.63, 3.8) is 0 Å². The smallest absolute Gasteiger partial charge is 0.273 e. The molecular formula is C12H18N4OS. The van der Waals surface area contributed by atoms with Crippen LogP contribution in [0, 0.1) is 5.92 Å². The first-order valence-corrected chi connectivity index (χ1v) is 7.61. The Kier molecular flexibility index (Phi) is 3.20. The standard InChI is InChI=1S/C12H18N4OS/c13-9-10(8-1-2-8)15-16-11(9)12(17)14-5-7-3-4-18-6-7/h7-8H,1-6,13H2,(H,14,17)(H,15,16). The maximum Gasteiger partial charge on any atom is 0.273 e. The Morgan fingerprint density at radius 1 is 1.50 bits per heavy atom. The number of nitrogens with two attached hydrogens (primary N) is 1. The monoisotopic (exact) mass is 266 g/mol. The van der Waals surface area contributed by atoms with Gasteiger partial charge < -0.3 is 11.1 Å². The molecule has 1 amide bonds. The molecule has 2 aliphatic rings. The van der Waals surface area contributed by atoms with Gasteiger partial charge >= 0.3 is 0 Å². The molecular weight excluding hydrogens is 248 g/mol. The summed E-state index contributed by atoms with van der Waals surface area (Å²) in [5.41, 5.74) is 7.81. The van der Waals surface area contributed by atoms with Crippen LogP contribution in [0.1, 0.15) is 41.4 Å². The van der Waals surface area contributed by atoms with Crippen molar-refractivity contribution < 1.29 is 4.79 Å². The van der Waals surface area contributed by atoms with E-state index in [2.05, 4.69) is 15.5 Å². The molecule has 1 aromatic heterocycles. The molecule has 6 heteroatoms. The molecule has 4 N–H and O–H groups in total. The van der Waals surface area contributed by atoms with Gasteiger partial charge in [0.2, 0.25) is 0 Å². The van der Waals surface area contributed by atoms with E-state index in [1.54, 1.807) is 0 Å². The predicted molar refractivity (Wildman–Crippen MR) is 72.7 cm³/mol. The van der Waals surface area contributed by atoms with Crippen LogP contribution >= 0.6 is 11.8 Å². The van der Waals surface area contributed by atoms with Gasteiger partial charge in [-0.25, -0.2) is 0 Å². The van der Waals surface area contributed by atoms with Crippen molar-refractivity contribution in [3.8, 4) is 0 Å². The highest BCUT2D eigenvalue weighted by Crippen LogP contribution is 2.42. The van der Waals surface area contributed by atoms with E-state index >= 15 is 0 Å². The predicted octanol–water partition coefficient (Wildman–Crippen LogP) is 1.35. The van der Waals surface area contributed by atoms with Gasteiger partial charge in [-0.3, -0.25) is 9.89 Å². The van der Waals surface area contributed by atoms with Crippen LogP contribution in [0.25, 0.3) is 0 Å². The highest BCUT2D eigenvalue weighted by Gasteiger charge is 2.30. The number of amides is 1. The second-order valence-electron chi connectivity index (χ2n) is 5.11. The van der Waals surface area contributed by atoms with Crippen LogP contribution in [0.2, 0.25) is 0 Å². The fourth-order valence-corrected chi connectivity index (χ4v) is 3.57. The number of aromatic amines is 1. The number of hydrogen-bond acceptors (Lipinski definition) is 4. The summed E-state index contributed by atoms with van der Waals surface area (Å²) in [4.78, 5) is 12.0. The number of nitrogen functional groups attached to an aromatic ring is 1. The number of nitrogens with one attached hydrogen (secondary N) is 2. The number of anilines is 1. The number of carbonyl (C=O) groups excluding carboxylic acids is 1. The normalized spacial score (nSPS) is 23.2. The Hall–Kier alpha value is -1.17. The molecule has 1 saturated carbocycles. The number of rotatable bonds is 4. The third-order valence-electron chi connectivity index (χ3n) is 3.61. The van der Waals surface area contributed by atoms with Gasteiger partial charge in [-0.05, 0) is 36.7 Å². The number of carbonyl (C=O) groups is 1. The fraction of sp³-hybridized carbons (Fsp3) is 0.667. The molecule has 1 unspecified atom stereocenters. The van der Waals surface area contributed by atoms with Crippen molar-refractivity contribution in [1.82, 2.24) is 15.5 Å². The summed E-state index contributed by atoms with van der Waals surface area (Å²) in [6, 6.07) is 0. The number of H-pyrrole nitrogens is 1. The molecule has 3 rings (SSSR count). The minimum Gasteiger partial charge on any atom is -0.395 e. The van der Waals surface area contributed by atoms with Crippen molar-refractivity contribution in [2.75, 3.05) is 23.8 Å². The summed E-state index contributed by atoms with van der Waals surface area (Å²) in [6.45, 7) is 0.733. The molecule has 1 aliphatic heterocycles. The molecule has 0 radical (unpaired) electrons. The van der Waals surface area contributed by atoms with Crippen LogP contribution in [0.4, 0.5) is 5.69 Å². The third kappa shape index (κ3) is 2.34. The van der Waals surface area contributed by atoms with Gasteiger partial charge in [-0.2, -0.15) is 16.9 Å². The lowest BCUT2D eigenvalue weighted by molar-refractivity contribution is 0.0944. The van der Waals surface area contributed by atoms with E-state index in [9.17, 15) is 4.79 Å². The van der Waals surface area contributed by atoms with Crippen LogP contribution in [0.3, 0.4) is 0 Å². The first-order valence-electron chi connectivity index (χ1n) is 6.45. The summed E-state index contributed by atoms with van der Waals surface area (Å²) in [6.07, 6.45) is 3.48. The van der Waals surface area contributed by atoms with E-state index in [0.717, 1.165) is 30.8 Å². The molecule has 5 nitrogen and oxygen atoms in total. The van der Waals surface area contributed by atoms with Crippen molar-refractivity contribution in [3.05, 3.63) is 11.4 Å². The first kappa shape index (κ1) is 11.9. The lowest BCUT2D eigenvalue weighted by Gasteiger charge is -2.09. The highest BCUT2D eigenvalue weighted by atomic mass is 32.2. The number of aromatic nitrogens is 2. The molecule has 2 fully saturated rings. The van der Waals surface area contributed by atoms with E-state index in [1.165, 1.54) is 12.2 Å². The molecule has 2 heterocycles. The maximum atomic E-state index is 12.0. The molecule has 98 valence electrons. The molecule has 1 aromatic rings. The molecule has 0 spiro atoms. The molecule has 0 aromatic carbocycles. The molecule has 1 saturated heterocycles. The Morgan fingerprint density at radius 2 is 2.33 bits per heavy atom. The summed E-state index contributed by atoms with van der Waals surface area (Å²) in [7, 11) is 0. The van der Waals surface area contributed by atoms with Gasteiger partial charge in [0.05, 0.1) is 11.4 Å². The quantitative estimate of drug-likeness (QED) is 0.768. The van der Waals surface area contributed by atoms with Gasteiger partial charge in [-0.15, -0.1) is 0 Å². The molecule has 18 heavy (non-hydrogen) atoms. The summed E-state index contributed by atoms with van der Waals surface area (Å²) >= 11 is 1.95. The summed E-state index contributed by atoms with van der Waals surface area (Å²) in [5.74, 6) is 3.29.